The highest BCUT2D eigenvalue weighted by Crippen LogP contribution is 2.63. The minimum absolute atomic E-state index is 0.100. The molecular formula is C24H33N3O6. The Bertz CT molecular complexity index is 950. The molecule has 3 N–H and O–H groups in total. The molecule has 3 fully saturated rings. The lowest BCUT2D eigenvalue weighted by Crippen LogP contribution is -2.57. The molecule has 0 aromatic heterocycles. The average Bonchev–Trinajstić information content (AvgIpc) is 3.35. The Kier molecular flexibility index (Phi) is 5.90. The quantitative estimate of drug-likeness (QED) is 0.563. The first-order valence-electron chi connectivity index (χ1n) is 11.4. The van der Waals surface area contributed by atoms with Crippen molar-refractivity contribution in [2.24, 2.45) is 17.8 Å². The van der Waals surface area contributed by atoms with Crippen LogP contribution < -0.4 is 15.4 Å². The summed E-state index contributed by atoms with van der Waals surface area (Å²) in [5.74, 6) is -1.89. The summed E-state index contributed by atoms with van der Waals surface area (Å²) in [7, 11) is 3.10. The number of fused-ring (bicyclic) bond motifs is 1. The summed E-state index contributed by atoms with van der Waals surface area (Å²) >= 11 is 0. The van der Waals surface area contributed by atoms with Crippen molar-refractivity contribution < 1.29 is 29.0 Å². The number of nitrogens with one attached hydrogen (secondary N) is 2. The predicted octanol–water partition coefficient (Wildman–Crippen LogP) is 1.16. The molecule has 180 valence electrons. The van der Waals surface area contributed by atoms with E-state index < -0.39 is 41.0 Å². The SMILES string of the molecule is CNC(=O)[C@@H]1[C@H]2C(=O)N([C@@H](CO)C(C)C)C(C(=O)Nc3ccc(OC)cc3)C23CC[C@@]1(C)O3. The van der Waals surface area contributed by atoms with Gasteiger partial charge in [0.1, 0.15) is 17.4 Å². The van der Waals surface area contributed by atoms with Crippen LogP contribution in [0.4, 0.5) is 5.69 Å². The van der Waals surface area contributed by atoms with Crippen molar-refractivity contribution in [1.29, 1.82) is 0 Å². The predicted molar refractivity (Wildman–Crippen MR) is 120 cm³/mol. The van der Waals surface area contributed by atoms with Gasteiger partial charge in [-0.05, 0) is 49.9 Å². The highest BCUT2D eigenvalue weighted by molar-refractivity contribution is 6.03. The third-order valence-corrected chi connectivity index (χ3v) is 7.66. The summed E-state index contributed by atoms with van der Waals surface area (Å²) < 4.78 is 11.7. The second-order valence-electron chi connectivity index (χ2n) is 9.80. The lowest BCUT2D eigenvalue weighted by atomic mass is 9.66. The number of anilines is 1. The fraction of sp³-hybridized carbons (Fsp3) is 0.625. The van der Waals surface area contributed by atoms with Gasteiger partial charge in [-0.3, -0.25) is 14.4 Å². The number of aliphatic hydroxyl groups is 1. The van der Waals surface area contributed by atoms with Crippen LogP contribution in [0.1, 0.15) is 33.6 Å². The van der Waals surface area contributed by atoms with Gasteiger partial charge in [0.05, 0.1) is 37.2 Å². The van der Waals surface area contributed by atoms with E-state index in [9.17, 15) is 19.5 Å². The monoisotopic (exact) mass is 459 g/mol. The van der Waals surface area contributed by atoms with Gasteiger partial charge in [-0.2, -0.15) is 0 Å². The number of hydrogen-bond acceptors (Lipinski definition) is 6. The van der Waals surface area contributed by atoms with Crippen LogP contribution in [0.2, 0.25) is 0 Å². The average molecular weight is 460 g/mol. The van der Waals surface area contributed by atoms with Gasteiger partial charge in [0.2, 0.25) is 17.7 Å². The van der Waals surface area contributed by atoms with Crippen molar-refractivity contribution in [2.75, 3.05) is 26.1 Å². The molecule has 4 rings (SSSR count). The maximum Gasteiger partial charge on any atom is 0.250 e. The maximum absolute atomic E-state index is 13.9. The van der Waals surface area contributed by atoms with Crippen molar-refractivity contribution in [3.05, 3.63) is 24.3 Å². The van der Waals surface area contributed by atoms with E-state index >= 15 is 0 Å². The Morgan fingerprint density at radius 3 is 2.45 bits per heavy atom. The number of carbonyl (C=O) groups excluding carboxylic acids is 3. The number of benzene rings is 1. The van der Waals surface area contributed by atoms with Crippen molar-refractivity contribution >= 4 is 23.4 Å². The fourth-order valence-electron chi connectivity index (χ4n) is 6.08. The number of likely N-dealkylation sites (tertiary alicyclic amines) is 1. The van der Waals surface area contributed by atoms with Gasteiger partial charge in [-0.1, -0.05) is 13.8 Å². The molecular weight excluding hydrogens is 426 g/mol. The van der Waals surface area contributed by atoms with Gasteiger partial charge in [0.15, 0.2) is 0 Å². The van der Waals surface area contributed by atoms with E-state index in [-0.39, 0.29) is 24.3 Å². The summed E-state index contributed by atoms with van der Waals surface area (Å²) in [4.78, 5) is 42.0. The van der Waals surface area contributed by atoms with E-state index in [1.54, 1.807) is 38.4 Å². The molecule has 6 atom stereocenters. The summed E-state index contributed by atoms with van der Waals surface area (Å²) in [5.41, 5.74) is -1.39. The molecule has 1 spiro atoms. The van der Waals surface area contributed by atoms with Gasteiger partial charge < -0.3 is 30.1 Å². The largest absolute Gasteiger partial charge is 0.497 e. The van der Waals surface area contributed by atoms with Crippen LogP contribution in [-0.2, 0) is 19.1 Å². The standard InChI is InChI=1S/C24H33N3O6/c1-13(2)16(12-28)27-19(21(30)26-14-6-8-15(32-5)9-7-14)24-11-10-23(3,33-24)17(20(29)25-4)18(24)22(27)31/h6-9,13,16-19,28H,10-12H2,1-5H3,(H,25,29)(H,26,30)/t16-,17-,18-,19?,23+,24?/m0/s1. The van der Waals surface area contributed by atoms with Crippen LogP contribution in [0.15, 0.2) is 24.3 Å². The van der Waals surface area contributed by atoms with Crippen molar-refractivity contribution in [3.63, 3.8) is 0 Å². The molecule has 2 unspecified atom stereocenters. The molecule has 3 heterocycles. The van der Waals surface area contributed by atoms with Gasteiger partial charge in [0, 0.05) is 12.7 Å². The van der Waals surface area contributed by atoms with Crippen LogP contribution in [0.25, 0.3) is 0 Å². The zero-order chi connectivity index (χ0) is 24.1. The van der Waals surface area contributed by atoms with E-state index in [1.165, 1.54) is 4.90 Å². The number of nitrogens with zero attached hydrogens (tertiary/aromatic N) is 1. The van der Waals surface area contributed by atoms with Crippen molar-refractivity contribution in [3.8, 4) is 5.75 Å². The van der Waals surface area contributed by atoms with Crippen LogP contribution in [0.3, 0.4) is 0 Å². The van der Waals surface area contributed by atoms with E-state index in [1.807, 2.05) is 20.8 Å². The molecule has 1 aromatic rings. The molecule has 3 saturated heterocycles. The molecule has 33 heavy (non-hydrogen) atoms. The van der Waals surface area contributed by atoms with Gasteiger partial charge in [-0.15, -0.1) is 0 Å². The molecule has 3 aliphatic rings. The highest BCUT2D eigenvalue weighted by Gasteiger charge is 2.78. The second-order valence-corrected chi connectivity index (χ2v) is 9.80. The molecule has 3 amide bonds. The number of ether oxygens (including phenoxy) is 2. The molecule has 0 aliphatic carbocycles. The number of amides is 3. The first-order chi connectivity index (χ1) is 15.6. The minimum Gasteiger partial charge on any atom is -0.497 e. The second kappa shape index (κ2) is 8.29. The normalized spacial score (nSPS) is 33.2. The summed E-state index contributed by atoms with van der Waals surface area (Å²) in [5, 5.41) is 15.7. The zero-order valence-corrected chi connectivity index (χ0v) is 19.8. The Morgan fingerprint density at radius 2 is 1.91 bits per heavy atom. The number of hydrogen-bond donors (Lipinski definition) is 3. The third kappa shape index (κ3) is 3.40. The Labute approximate surface area is 193 Å². The lowest BCUT2D eigenvalue weighted by molar-refractivity contribution is -0.149. The minimum atomic E-state index is -1.12. The molecule has 0 saturated carbocycles. The van der Waals surface area contributed by atoms with Crippen LogP contribution in [0.5, 0.6) is 5.75 Å². The molecule has 9 heteroatoms. The van der Waals surface area contributed by atoms with E-state index in [0.29, 0.717) is 24.3 Å². The smallest absolute Gasteiger partial charge is 0.250 e. The molecule has 3 aliphatic heterocycles. The Balaban J connectivity index is 1.77. The zero-order valence-electron chi connectivity index (χ0n) is 19.8. The van der Waals surface area contributed by atoms with Crippen molar-refractivity contribution in [2.45, 2.75) is 56.9 Å². The first-order valence-corrected chi connectivity index (χ1v) is 11.4. The molecule has 0 radical (unpaired) electrons. The number of rotatable bonds is 7. The number of methoxy groups -OCH3 is 1. The van der Waals surface area contributed by atoms with Gasteiger partial charge in [-0.25, -0.2) is 0 Å². The fourth-order valence-corrected chi connectivity index (χ4v) is 6.08. The van der Waals surface area contributed by atoms with E-state index in [4.69, 9.17) is 9.47 Å². The lowest BCUT2D eigenvalue weighted by Gasteiger charge is -2.38. The Morgan fingerprint density at radius 1 is 1.24 bits per heavy atom. The van der Waals surface area contributed by atoms with Crippen LogP contribution >= 0.6 is 0 Å². The van der Waals surface area contributed by atoms with Gasteiger partial charge in [0.25, 0.3) is 0 Å². The summed E-state index contributed by atoms with van der Waals surface area (Å²) in [6.07, 6.45) is 1.06. The molecule has 9 nitrogen and oxygen atoms in total. The maximum atomic E-state index is 13.9. The van der Waals surface area contributed by atoms with Gasteiger partial charge >= 0.3 is 0 Å². The molecule has 1 aromatic carbocycles. The molecule has 2 bridgehead atoms. The number of aliphatic hydroxyl groups excluding tert-OH is 1. The number of carbonyl (C=O) groups is 3. The van der Waals surface area contributed by atoms with E-state index in [0.717, 1.165) is 0 Å². The first kappa shape index (κ1) is 23.5. The summed E-state index contributed by atoms with van der Waals surface area (Å²) in [6, 6.07) is 5.37. The highest BCUT2D eigenvalue weighted by atomic mass is 16.5. The van der Waals surface area contributed by atoms with E-state index in [2.05, 4.69) is 10.6 Å². The van der Waals surface area contributed by atoms with Crippen molar-refractivity contribution in [1.82, 2.24) is 10.2 Å². The Hall–Kier alpha value is -2.65. The third-order valence-electron chi connectivity index (χ3n) is 7.66. The van der Waals surface area contributed by atoms with Crippen LogP contribution in [-0.4, -0.2) is 71.8 Å². The van der Waals surface area contributed by atoms with Crippen LogP contribution in [0, 0.1) is 17.8 Å². The topological polar surface area (TPSA) is 117 Å². The summed E-state index contributed by atoms with van der Waals surface area (Å²) in [6.45, 7) is 5.35.